The van der Waals surface area contributed by atoms with E-state index in [9.17, 15) is 4.79 Å². The van der Waals surface area contributed by atoms with Crippen LogP contribution in [-0.4, -0.2) is 20.8 Å². The van der Waals surface area contributed by atoms with Gasteiger partial charge in [-0.05, 0) is 39.2 Å². The summed E-state index contributed by atoms with van der Waals surface area (Å²) in [6, 6.07) is 2.32. The van der Waals surface area contributed by atoms with Gasteiger partial charge in [0.15, 0.2) is 0 Å². The zero-order chi connectivity index (χ0) is 20.8. The predicted octanol–water partition coefficient (Wildman–Crippen LogP) is 5.93. The van der Waals surface area contributed by atoms with E-state index in [0.29, 0.717) is 16.7 Å². The molecule has 0 aliphatic carbocycles. The van der Waals surface area contributed by atoms with Crippen molar-refractivity contribution in [3.05, 3.63) is 47.5 Å². The number of anilines is 1. The number of pyridine rings is 1. The van der Waals surface area contributed by atoms with Crippen molar-refractivity contribution in [1.82, 2.24) is 14.8 Å². The minimum atomic E-state index is -0.0874. The number of thiophene rings is 1. The number of hydrogen-bond acceptors (Lipinski definition) is 5. The minimum absolute atomic E-state index is 0.0874. The Kier molecular flexibility index (Phi) is 7.52. The zero-order valence-corrected chi connectivity index (χ0v) is 18.4. The molecule has 0 fully saturated rings. The van der Waals surface area contributed by atoms with Crippen molar-refractivity contribution < 1.29 is 0 Å². The average molecular weight is 399 g/mol. The summed E-state index contributed by atoms with van der Waals surface area (Å²) >= 11 is 1.43. The van der Waals surface area contributed by atoms with Crippen LogP contribution in [0.2, 0.25) is 0 Å². The topological polar surface area (TPSA) is 59.8 Å². The van der Waals surface area contributed by atoms with E-state index < -0.39 is 0 Å². The Morgan fingerprint density at radius 3 is 2.64 bits per heavy atom. The number of nitrogens with zero attached hydrogens (tertiary/aromatic N) is 3. The molecule has 1 N–H and O–H groups in total. The Hall–Kier alpha value is -2.47. The number of rotatable bonds is 5. The Labute approximate surface area is 170 Å². The van der Waals surface area contributed by atoms with Gasteiger partial charge in [0.25, 0.3) is 5.56 Å². The van der Waals surface area contributed by atoms with Gasteiger partial charge in [-0.1, -0.05) is 32.9 Å². The number of nitrogens with one attached hydrogen (secondary N) is 1. The first-order valence-corrected chi connectivity index (χ1v) is 10.5. The molecule has 6 heteroatoms. The Bertz CT molecular complexity index is 1050. The lowest BCUT2D eigenvalue weighted by molar-refractivity contribution is 0.765. The van der Waals surface area contributed by atoms with Crippen molar-refractivity contribution in [1.29, 1.82) is 0 Å². The van der Waals surface area contributed by atoms with Crippen molar-refractivity contribution in [3.63, 3.8) is 0 Å². The summed E-state index contributed by atoms with van der Waals surface area (Å²) in [4.78, 5) is 18.0. The van der Waals surface area contributed by atoms with Crippen LogP contribution in [0.3, 0.4) is 0 Å². The molecule has 0 amide bonds. The molecule has 0 aliphatic rings. The zero-order valence-electron chi connectivity index (χ0n) is 17.6. The molecule has 28 heavy (non-hydrogen) atoms. The molecule has 3 aromatic heterocycles. The summed E-state index contributed by atoms with van der Waals surface area (Å²) in [6.07, 6.45) is 8.37. The molecular weight excluding hydrogens is 368 g/mol. The standard InChI is InChI=1S/C17H20N4OS.C5H10/c1-5-10(3)20-13-7-8-18-16-14(13)12-9-19-21(11(4)6-2)17(22)15(12)23-16;1-4-5(2)3/h6-10H,5H2,1-4H3,(H,18,20);4-5H,1H2,2-3H3/b11-6+;. The first-order chi connectivity index (χ1) is 13.3. The van der Waals surface area contributed by atoms with E-state index in [1.165, 1.54) is 16.0 Å². The molecule has 5 nitrogen and oxygen atoms in total. The fourth-order valence-electron chi connectivity index (χ4n) is 2.45. The van der Waals surface area contributed by atoms with Gasteiger partial charge in [0.2, 0.25) is 0 Å². The molecule has 0 saturated heterocycles. The van der Waals surface area contributed by atoms with Crippen LogP contribution < -0.4 is 10.9 Å². The van der Waals surface area contributed by atoms with Crippen LogP contribution in [0.15, 0.2) is 42.0 Å². The highest BCUT2D eigenvalue weighted by atomic mass is 32.1. The number of fused-ring (bicyclic) bond motifs is 3. The average Bonchev–Trinajstić information content (AvgIpc) is 3.08. The van der Waals surface area contributed by atoms with Crippen LogP contribution in [-0.2, 0) is 0 Å². The highest BCUT2D eigenvalue weighted by molar-refractivity contribution is 7.25. The van der Waals surface area contributed by atoms with E-state index in [1.807, 2.05) is 32.1 Å². The van der Waals surface area contributed by atoms with Gasteiger partial charge in [-0.3, -0.25) is 4.79 Å². The SMILES string of the molecule is C/C=C(\C)n1ncc2c(sc3nccc(NC(C)CC)c32)c1=O.C=CC(C)C. The third kappa shape index (κ3) is 4.68. The van der Waals surface area contributed by atoms with E-state index in [0.717, 1.165) is 33.4 Å². The first-order valence-electron chi connectivity index (χ1n) is 9.65. The molecule has 0 aromatic carbocycles. The quantitative estimate of drug-likeness (QED) is 0.542. The number of aromatic nitrogens is 3. The van der Waals surface area contributed by atoms with E-state index in [-0.39, 0.29) is 5.56 Å². The van der Waals surface area contributed by atoms with Crippen molar-refractivity contribution in [2.45, 2.75) is 54.0 Å². The second-order valence-corrected chi connectivity index (χ2v) is 8.11. The van der Waals surface area contributed by atoms with Gasteiger partial charge in [-0.25, -0.2) is 9.67 Å². The Morgan fingerprint density at radius 1 is 1.39 bits per heavy atom. The van der Waals surface area contributed by atoms with Crippen LogP contribution in [0.25, 0.3) is 26.0 Å². The van der Waals surface area contributed by atoms with Crippen molar-refractivity contribution in [2.75, 3.05) is 5.32 Å². The predicted molar refractivity (Wildman–Crippen MR) is 123 cm³/mol. The van der Waals surface area contributed by atoms with Gasteiger partial charge >= 0.3 is 0 Å². The fraction of sp³-hybridized carbons (Fsp3) is 0.409. The van der Waals surface area contributed by atoms with Gasteiger partial charge in [-0.15, -0.1) is 17.9 Å². The third-order valence-corrected chi connectivity index (χ3v) is 5.66. The molecule has 0 aliphatic heterocycles. The molecule has 3 aromatic rings. The lowest BCUT2D eigenvalue weighted by Crippen LogP contribution is -2.20. The van der Waals surface area contributed by atoms with E-state index in [2.05, 4.69) is 49.7 Å². The second-order valence-electron chi connectivity index (χ2n) is 7.11. The van der Waals surface area contributed by atoms with Gasteiger partial charge in [0, 0.05) is 34.4 Å². The van der Waals surface area contributed by atoms with E-state index in [1.54, 1.807) is 12.4 Å². The van der Waals surface area contributed by atoms with Crippen LogP contribution >= 0.6 is 11.3 Å². The third-order valence-electron chi connectivity index (χ3n) is 4.56. The molecule has 0 bridgehead atoms. The summed E-state index contributed by atoms with van der Waals surface area (Å²) in [7, 11) is 0. The lowest BCUT2D eigenvalue weighted by Gasteiger charge is -2.13. The molecular formula is C22H30N4OS. The highest BCUT2D eigenvalue weighted by Gasteiger charge is 2.16. The van der Waals surface area contributed by atoms with Crippen LogP contribution in [0.1, 0.15) is 48.0 Å². The maximum atomic E-state index is 12.7. The summed E-state index contributed by atoms with van der Waals surface area (Å²) in [5.74, 6) is 0.648. The Morgan fingerprint density at radius 2 is 2.07 bits per heavy atom. The summed E-state index contributed by atoms with van der Waals surface area (Å²) < 4.78 is 2.14. The maximum absolute atomic E-state index is 12.7. The smallest absolute Gasteiger partial charge is 0.289 e. The van der Waals surface area contributed by atoms with Crippen molar-refractivity contribution >= 4 is 43.0 Å². The molecule has 3 rings (SSSR count). The van der Waals surface area contributed by atoms with Crippen molar-refractivity contribution in [2.24, 2.45) is 5.92 Å². The summed E-state index contributed by atoms with van der Waals surface area (Å²) in [5.41, 5.74) is 1.74. The molecule has 0 saturated carbocycles. The highest BCUT2D eigenvalue weighted by Crippen LogP contribution is 2.35. The van der Waals surface area contributed by atoms with E-state index >= 15 is 0 Å². The maximum Gasteiger partial charge on any atom is 0.289 e. The van der Waals surface area contributed by atoms with Crippen LogP contribution in [0.5, 0.6) is 0 Å². The Balaban J connectivity index is 0.000000500. The van der Waals surface area contributed by atoms with Crippen molar-refractivity contribution in [3.8, 4) is 0 Å². The normalized spacial score (nSPS) is 12.8. The molecule has 0 spiro atoms. The molecule has 0 radical (unpaired) electrons. The van der Waals surface area contributed by atoms with Gasteiger partial charge in [0.1, 0.15) is 9.53 Å². The number of hydrogen-bond donors (Lipinski definition) is 1. The first kappa shape index (κ1) is 21.8. The fourth-order valence-corrected chi connectivity index (χ4v) is 3.52. The van der Waals surface area contributed by atoms with Gasteiger partial charge in [-0.2, -0.15) is 5.10 Å². The van der Waals surface area contributed by atoms with Crippen LogP contribution in [0, 0.1) is 5.92 Å². The second kappa shape index (κ2) is 9.64. The van der Waals surface area contributed by atoms with Gasteiger partial charge in [0.05, 0.1) is 6.20 Å². The monoisotopic (exact) mass is 398 g/mol. The molecule has 150 valence electrons. The lowest BCUT2D eigenvalue weighted by atomic mass is 10.2. The summed E-state index contributed by atoms with van der Waals surface area (Å²) in [6.45, 7) is 15.8. The van der Waals surface area contributed by atoms with Crippen LogP contribution in [0.4, 0.5) is 5.69 Å². The minimum Gasteiger partial charge on any atom is -0.382 e. The van der Waals surface area contributed by atoms with Gasteiger partial charge < -0.3 is 5.32 Å². The number of allylic oxidation sites excluding steroid dienone is 3. The molecule has 3 heterocycles. The largest absolute Gasteiger partial charge is 0.382 e. The summed E-state index contributed by atoms with van der Waals surface area (Å²) in [5, 5.41) is 9.68. The van der Waals surface area contributed by atoms with E-state index in [4.69, 9.17) is 0 Å². The molecule has 1 atom stereocenters. The molecule has 1 unspecified atom stereocenters.